The maximum absolute atomic E-state index is 12.4. The number of aromatic nitrogens is 3. The molecule has 0 radical (unpaired) electrons. The first-order chi connectivity index (χ1) is 16.9. The molecule has 1 aromatic heterocycles. The molecule has 1 heterocycles. The van der Waals surface area contributed by atoms with Gasteiger partial charge in [0.1, 0.15) is 0 Å². The Morgan fingerprint density at radius 2 is 1.94 bits per heavy atom. The van der Waals surface area contributed by atoms with E-state index in [-0.39, 0.29) is 24.4 Å². The van der Waals surface area contributed by atoms with Crippen LogP contribution >= 0.6 is 11.8 Å². The van der Waals surface area contributed by atoms with Crippen molar-refractivity contribution >= 4 is 29.7 Å². The number of ether oxygens (including phenoxy) is 2. The summed E-state index contributed by atoms with van der Waals surface area (Å²) in [5.74, 6) is 2.45. The van der Waals surface area contributed by atoms with E-state index < -0.39 is 0 Å². The average molecular weight is 502 g/mol. The molecule has 10 heteroatoms. The Kier molecular flexibility index (Phi) is 10.0. The zero-order valence-corrected chi connectivity index (χ0v) is 21.7. The molecular weight excluding hydrogens is 466 g/mol. The van der Waals surface area contributed by atoms with E-state index in [1.807, 2.05) is 17.6 Å². The average Bonchev–Trinajstić information content (AvgIpc) is 3.27. The molecule has 0 spiro atoms. The van der Waals surface area contributed by atoms with Gasteiger partial charge in [-0.15, -0.1) is 10.2 Å². The molecule has 0 saturated heterocycles. The van der Waals surface area contributed by atoms with Crippen LogP contribution in [0.15, 0.2) is 29.4 Å². The predicted molar refractivity (Wildman–Crippen MR) is 136 cm³/mol. The molecule has 2 unspecified atom stereocenters. The van der Waals surface area contributed by atoms with Crippen LogP contribution in [0.1, 0.15) is 50.9 Å². The Bertz CT molecular complexity index is 1040. The van der Waals surface area contributed by atoms with Gasteiger partial charge in [0.05, 0.1) is 26.5 Å². The van der Waals surface area contributed by atoms with Gasteiger partial charge >= 0.3 is 0 Å². The Morgan fingerprint density at radius 1 is 1.17 bits per heavy atom. The zero-order chi connectivity index (χ0) is 25.2. The lowest BCUT2D eigenvalue weighted by Gasteiger charge is -2.29. The van der Waals surface area contributed by atoms with Crippen molar-refractivity contribution in [2.45, 2.75) is 63.8 Å². The van der Waals surface area contributed by atoms with E-state index >= 15 is 0 Å². The van der Waals surface area contributed by atoms with Crippen LogP contribution in [-0.2, 0) is 22.7 Å². The van der Waals surface area contributed by atoms with Gasteiger partial charge in [0.2, 0.25) is 11.8 Å². The summed E-state index contributed by atoms with van der Waals surface area (Å²) in [4.78, 5) is 24.8. The van der Waals surface area contributed by atoms with Crippen molar-refractivity contribution in [2.24, 2.45) is 5.92 Å². The number of carbonyl (C=O) groups is 2. The largest absolute Gasteiger partial charge is 0.493 e. The Labute approximate surface area is 211 Å². The number of hydrogen-bond acceptors (Lipinski definition) is 7. The number of nitrogens with zero attached hydrogens (tertiary/aromatic N) is 3. The number of amides is 2. The maximum atomic E-state index is 12.4. The molecule has 1 aliphatic carbocycles. The van der Waals surface area contributed by atoms with Gasteiger partial charge < -0.3 is 24.7 Å². The molecule has 190 valence electrons. The van der Waals surface area contributed by atoms with Crippen LogP contribution in [-0.4, -0.2) is 52.6 Å². The number of carbonyl (C=O) groups excluding carboxylic acids is 2. The summed E-state index contributed by atoms with van der Waals surface area (Å²) in [7, 11) is 3.14. The zero-order valence-electron chi connectivity index (χ0n) is 20.9. The Morgan fingerprint density at radius 3 is 2.66 bits per heavy atom. The molecule has 2 atom stereocenters. The molecule has 2 N–H and O–H groups in total. The Hall–Kier alpha value is -3.01. The van der Waals surface area contributed by atoms with Gasteiger partial charge in [-0.2, -0.15) is 0 Å². The molecule has 2 amide bonds. The molecule has 0 aliphatic heterocycles. The van der Waals surface area contributed by atoms with E-state index in [4.69, 9.17) is 9.47 Å². The van der Waals surface area contributed by atoms with Crippen LogP contribution in [0, 0.1) is 5.92 Å². The van der Waals surface area contributed by atoms with Gasteiger partial charge in [-0.1, -0.05) is 37.6 Å². The third-order valence-electron chi connectivity index (χ3n) is 6.16. The summed E-state index contributed by atoms with van der Waals surface area (Å²) in [5.41, 5.74) is 0.814. The molecular formula is C25H35N5O4S. The molecule has 35 heavy (non-hydrogen) atoms. The fourth-order valence-electron chi connectivity index (χ4n) is 4.14. The number of nitrogens with one attached hydrogen (secondary N) is 2. The van der Waals surface area contributed by atoms with Crippen molar-refractivity contribution in [3.63, 3.8) is 0 Å². The highest BCUT2D eigenvalue weighted by molar-refractivity contribution is 7.99. The third-order valence-corrected chi connectivity index (χ3v) is 7.12. The van der Waals surface area contributed by atoms with Crippen LogP contribution in [0.25, 0.3) is 6.08 Å². The molecule has 1 saturated carbocycles. The molecule has 9 nitrogen and oxygen atoms in total. The van der Waals surface area contributed by atoms with Gasteiger partial charge in [-0.05, 0) is 49.5 Å². The third kappa shape index (κ3) is 7.48. The molecule has 2 aromatic rings. The monoisotopic (exact) mass is 501 g/mol. The lowest BCUT2D eigenvalue weighted by Crippen LogP contribution is -2.41. The highest BCUT2D eigenvalue weighted by Gasteiger charge is 2.23. The summed E-state index contributed by atoms with van der Waals surface area (Å²) in [6.45, 7) is 5.07. The summed E-state index contributed by atoms with van der Waals surface area (Å²) in [6.07, 6.45) is 7.79. The molecule has 1 fully saturated rings. The second-order valence-corrected chi connectivity index (χ2v) is 9.48. The molecule has 1 aliphatic rings. The number of benzene rings is 1. The van der Waals surface area contributed by atoms with E-state index in [0.717, 1.165) is 12.0 Å². The summed E-state index contributed by atoms with van der Waals surface area (Å²) in [5, 5.41) is 15.1. The van der Waals surface area contributed by atoms with Crippen LogP contribution in [0.5, 0.6) is 11.5 Å². The van der Waals surface area contributed by atoms with Crippen molar-refractivity contribution in [1.82, 2.24) is 25.4 Å². The van der Waals surface area contributed by atoms with Gasteiger partial charge in [0.15, 0.2) is 22.5 Å². The van der Waals surface area contributed by atoms with E-state index in [2.05, 4.69) is 27.8 Å². The molecule has 1 aromatic carbocycles. The summed E-state index contributed by atoms with van der Waals surface area (Å²) >= 11 is 1.37. The van der Waals surface area contributed by atoms with Crippen LogP contribution in [0.2, 0.25) is 0 Å². The Balaban J connectivity index is 1.51. The molecule has 3 rings (SSSR count). The van der Waals surface area contributed by atoms with Crippen molar-refractivity contribution in [3.05, 3.63) is 35.7 Å². The number of thioether (sulfide) groups is 1. The minimum atomic E-state index is -0.249. The fraction of sp³-hybridized carbons (Fsp3) is 0.520. The van der Waals surface area contributed by atoms with E-state index in [0.29, 0.717) is 40.7 Å². The minimum absolute atomic E-state index is 0.0227. The van der Waals surface area contributed by atoms with E-state index in [9.17, 15) is 9.59 Å². The quantitative estimate of drug-likeness (QED) is 0.359. The smallest absolute Gasteiger partial charge is 0.244 e. The standard InChI is InChI=1S/C25H35N5O4S/c1-5-30-22(15-26-23(31)13-11-18-10-12-20(33-3)21(14-18)34-4)28-29-25(30)35-16-24(32)27-19-9-7-6-8-17(19)2/h10-14,17,19H,5-9,15-16H2,1-4H3,(H,26,31)(H,27,32). The van der Waals surface area contributed by atoms with Crippen molar-refractivity contribution in [1.29, 1.82) is 0 Å². The SMILES string of the molecule is CCn1c(CNC(=O)C=Cc2ccc(OC)c(OC)c2)nnc1SCC(=O)NC1CCCCC1C. The van der Waals surface area contributed by atoms with Crippen LogP contribution in [0.3, 0.4) is 0 Å². The number of rotatable bonds is 11. The van der Waals surface area contributed by atoms with Crippen molar-refractivity contribution in [2.75, 3.05) is 20.0 Å². The van der Waals surface area contributed by atoms with Crippen LogP contribution < -0.4 is 20.1 Å². The second-order valence-electron chi connectivity index (χ2n) is 8.53. The summed E-state index contributed by atoms with van der Waals surface area (Å²) in [6, 6.07) is 5.69. The lowest BCUT2D eigenvalue weighted by atomic mass is 9.86. The fourth-order valence-corrected chi connectivity index (χ4v) is 4.97. The van der Waals surface area contributed by atoms with E-state index in [1.165, 1.54) is 37.1 Å². The van der Waals surface area contributed by atoms with Gasteiger partial charge in [-0.3, -0.25) is 9.59 Å². The first kappa shape index (κ1) is 26.6. The van der Waals surface area contributed by atoms with Gasteiger partial charge in [-0.25, -0.2) is 0 Å². The predicted octanol–water partition coefficient (Wildman–Crippen LogP) is 3.43. The highest BCUT2D eigenvalue weighted by Crippen LogP contribution is 2.28. The lowest BCUT2D eigenvalue weighted by molar-refractivity contribution is -0.120. The minimum Gasteiger partial charge on any atom is -0.493 e. The topological polar surface area (TPSA) is 107 Å². The second kappa shape index (κ2) is 13.2. The van der Waals surface area contributed by atoms with Crippen molar-refractivity contribution in [3.8, 4) is 11.5 Å². The first-order valence-electron chi connectivity index (χ1n) is 12.0. The highest BCUT2D eigenvalue weighted by atomic mass is 32.2. The number of hydrogen-bond donors (Lipinski definition) is 2. The van der Waals surface area contributed by atoms with Gasteiger partial charge in [0, 0.05) is 18.7 Å². The van der Waals surface area contributed by atoms with E-state index in [1.54, 1.807) is 32.4 Å². The molecule has 0 bridgehead atoms. The number of methoxy groups -OCH3 is 2. The first-order valence-corrected chi connectivity index (χ1v) is 13.0. The normalized spacial score (nSPS) is 17.8. The van der Waals surface area contributed by atoms with Gasteiger partial charge in [0.25, 0.3) is 0 Å². The summed E-state index contributed by atoms with van der Waals surface area (Å²) < 4.78 is 12.4. The van der Waals surface area contributed by atoms with Crippen molar-refractivity contribution < 1.29 is 19.1 Å². The maximum Gasteiger partial charge on any atom is 0.244 e. The van der Waals surface area contributed by atoms with Crippen LogP contribution in [0.4, 0.5) is 0 Å².